The van der Waals surface area contributed by atoms with Crippen LogP contribution in [0.4, 0.5) is 16.4 Å². The van der Waals surface area contributed by atoms with E-state index >= 15 is 0 Å². The summed E-state index contributed by atoms with van der Waals surface area (Å²) in [6.07, 6.45) is -0.552. The van der Waals surface area contributed by atoms with E-state index in [1.807, 2.05) is 13.8 Å². The number of H-pyrrole nitrogens is 1. The number of hydrogen-bond acceptors (Lipinski definition) is 4. The van der Waals surface area contributed by atoms with E-state index in [1.165, 1.54) is 6.07 Å². The quantitative estimate of drug-likeness (QED) is 0.687. The van der Waals surface area contributed by atoms with E-state index in [1.54, 1.807) is 20.8 Å². The minimum Gasteiger partial charge on any atom is -0.444 e. The van der Waals surface area contributed by atoms with Gasteiger partial charge in [-0.3, -0.25) is 10.4 Å². The SMILES string of the molecule is CC.CC(C)(C)OC(=O)Nc1cc(N)[nH]n1. The van der Waals surface area contributed by atoms with Crippen molar-refractivity contribution in [1.29, 1.82) is 0 Å². The molecule has 0 atom stereocenters. The van der Waals surface area contributed by atoms with Crippen molar-refractivity contribution < 1.29 is 9.53 Å². The van der Waals surface area contributed by atoms with Crippen LogP contribution < -0.4 is 11.1 Å². The maximum absolute atomic E-state index is 11.2. The van der Waals surface area contributed by atoms with Crippen molar-refractivity contribution in [3.63, 3.8) is 0 Å². The van der Waals surface area contributed by atoms with E-state index in [4.69, 9.17) is 10.5 Å². The van der Waals surface area contributed by atoms with Crippen LogP contribution in [0.5, 0.6) is 0 Å². The molecule has 0 spiro atoms. The molecule has 0 aromatic carbocycles. The zero-order valence-electron chi connectivity index (χ0n) is 10.4. The lowest BCUT2D eigenvalue weighted by Crippen LogP contribution is -2.27. The van der Waals surface area contributed by atoms with Gasteiger partial charge in [0.1, 0.15) is 11.4 Å². The fourth-order valence-corrected chi connectivity index (χ4v) is 0.809. The van der Waals surface area contributed by atoms with Crippen molar-refractivity contribution in [2.75, 3.05) is 11.1 Å². The van der Waals surface area contributed by atoms with E-state index in [-0.39, 0.29) is 0 Å². The number of anilines is 2. The molecule has 16 heavy (non-hydrogen) atoms. The van der Waals surface area contributed by atoms with Crippen molar-refractivity contribution in [2.45, 2.75) is 40.2 Å². The summed E-state index contributed by atoms with van der Waals surface area (Å²) in [5.41, 5.74) is 4.85. The standard InChI is InChI=1S/C8H14N4O2.C2H6/c1-8(2,3)14-7(13)10-6-4-5(9)11-12-6;1-2/h4H,1-3H3,(H4,9,10,11,12,13);1-2H3. The molecule has 6 heteroatoms. The molecule has 0 unspecified atom stereocenters. The molecule has 4 N–H and O–H groups in total. The highest BCUT2D eigenvalue weighted by Gasteiger charge is 2.16. The number of nitrogen functional groups attached to an aromatic ring is 1. The Kier molecular flexibility index (Phi) is 5.35. The maximum atomic E-state index is 11.2. The first-order chi connectivity index (χ1) is 7.37. The van der Waals surface area contributed by atoms with Gasteiger partial charge in [-0.15, -0.1) is 0 Å². The van der Waals surface area contributed by atoms with Gasteiger partial charge in [-0.2, -0.15) is 5.10 Å². The van der Waals surface area contributed by atoms with Crippen molar-refractivity contribution in [3.05, 3.63) is 6.07 Å². The van der Waals surface area contributed by atoms with Gasteiger partial charge in [-0.25, -0.2) is 4.79 Å². The molecule has 1 aromatic heterocycles. The fraction of sp³-hybridized carbons (Fsp3) is 0.600. The minimum absolute atomic E-state index is 0.344. The molecule has 92 valence electrons. The fourth-order valence-electron chi connectivity index (χ4n) is 0.809. The minimum atomic E-state index is -0.552. The normalized spacial score (nSPS) is 10.1. The summed E-state index contributed by atoms with van der Waals surface area (Å²) < 4.78 is 5.01. The van der Waals surface area contributed by atoms with Crippen molar-refractivity contribution in [3.8, 4) is 0 Å². The Hall–Kier alpha value is -1.72. The Bertz CT molecular complexity index is 328. The molecule has 0 aliphatic carbocycles. The van der Waals surface area contributed by atoms with Crippen LogP contribution in [0.15, 0.2) is 6.07 Å². The first kappa shape index (κ1) is 14.3. The lowest BCUT2D eigenvalue weighted by molar-refractivity contribution is 0.0635. The summed E-state index contributed by atoms with van der Waals surface area (Å²) in [7, 11) is 0. The van der Waals surface area contributed by atoms with Crippen LogP contribution in [0, 0.1) is 0 Å². The average Bonchev–Trinajstić information content (AvgIpc) is 2.51. The number of nitrogens with one attached hydrogen (secondary N) is 2. The van der Waals surface area contributed by atoms with Gasteiger partial charge >= 0.3 is 6.09 Å². The summed E-state index contributed by atoms with van der Waals surface area (Å²) in [6.45, 7) is 9.35. The summed E-state index contributed by atoms with van der Waals surface area (Å²) in [4.78, 5) is 11.2. The molecule has 0 fully saturated rings. The van der Waals surface area contributed by atoms with Gasteiger partial charge in [0.2, 0.25) is 0 Å². The number of carbonyl (C=O) groups is 1. The summed E-state index contributed by atoms with van der Waals surface area (Å²) in [5.74, 6) is 0.729. The van der Waals surface area contributed by atoms with Gasteiger partial charge in [0, 0.05) is 6.07 Å². The highest BCUT2D eigenvalue weighted by Crippen LogP contribution is 2.10. The predicted octanol–water partition coefficient (Wildman–Crippen LogP) is 2.37. The molecule has 0 saturated carbocycles. The van der Waals surface area contributed by atoms with E-state index in [0.29, 0.717) is 11.6 Å². The molecule has 0 aliphatic rings. The Morgan fingerprint density at radius 1 is 1.50 bits per heavy atom. The van der Waals surface area contributed by atoms with Crippen LogP contribution in [-0.4, -0.2) is 21.9 Å². The second kappa shape index (κ2) is 5.99. The van der Waals surface area contributed by atoms with Crippen LogP contribution in [0.3, 0.4) is 0 Å². The average molecular weight is 228 g/mol. The summed E-state index contributed by atoms with van der Waals surface area (Å²) in [5, 5.41) is 8.65. The maximum Gasteiger partial charge on any atom is 0.413 e. The van der Waals surface area contributed by atoms with Crippen LogP contribution in [-0.2, 0) is 4.74 Å². The molecule has 1 rings (SSSR count). The number of aromatic amines is 1. The number of hydrogen-bond donors (Lipinski definition) is 3. The predicted molar refractivity (Wildman–Crippen MR) is 64.2 cm³/mol. The molecule has 0 saturated heterocycles. The van der Waals surface area contributed by atoms with Gasteiger partial charge < -0.3 is 10.5 Å². The molecule has 1 amide bonds. The topological polar surface area (TPSA) is 93.0 Å². The molecule has 1 aromatic rings. The smallest absolute Gasteiger partial charge is 0.413 e. The number of amides is 1. The third kappa shape index (κ3) is 5.90. The summed E-state index contributed by atoms with van der Waals surface area (Å²) in [6, 6.07) is 1.50. The molecule has 1 heterocycles. The molecule has 6 nitrogen and oxygen atoms in total. The third-order valence-electron chi connectivity index (χ3n) is 1.23. The number of aromatic nitrogens is 2. The lowest BCUT2D eigenvalue weighted by Gasteiger charge is -2.18. The highest BCUT2D eigenvalue weighted by molar-refractivity contribution is 5.83. The van der Waals surface area contributed by atoms with E-state index < -0.39 is 11.7 Å². The molecular weight excluding hydrogens is 208 g/mol. The third-order valence-corrected chi connectivity index (χ3v) is 1.23. The number of rotatable bonds is 1. The lowest BCUT2D eigenvalue weighted by atomic mass is 10.2. The van der Waals surface area contributed by atoms with Crippen LogP contribution in [0.2, 0.25) is 0 Å². The molecular formula is C10H20N4O2. The number of ether oxygens (including phenoxy) is 1. The van der Waals surface area contributed by atoms with Gasteiger partial charge in [0.25, 0.3) is 0 Å². The van der Waals surface area contributed by atoms with Crippen LogP contribution in [0.25, 0.3) is 0 Å². The monoisotopic (exact) mass is 228 g/mol. The van der Waals surface area contributed by atoms with Crippen molar-refractivity contribution in [2.24, 2.45) is 0 Å². The van der Waals surface area contributed by atoms with E-state index in [9.17, 15) is 4.79 Å². The van der Waals surface area contributed by atoms with Gasteiger partial charge in [0.05, 0.1) is 0 Å². The number of nitrogens with two attached hydrogens (primary N) is 1. The first-order valence-corrected chi connectivity index (χ1v) is 5.18. The zero-order chi connectivity index (χ0) is 12.8. The first-order valence-electron chi connectivity index (χ1n) is 5.18. The Morgan fingerprint density at radius 3 is 2.44 bits per heavy atom. The number of nitrogens with zero attached hydrogens (tertiary/aromatic N) is 1. The largest absolute Gasteiger partial charge is 0.444 e. The van der Waals surface area contributed by atoms with E-state index in [2.05, 4.69) is 15.5 Å². The summed E-state index contributed by atoms with van der Waals surface area (Å²) >= 11 is 0. The second-order valence-corrected chi connectivity index (χ2v) is 3.84. The second-order valence-electron chi connectivity index (χ2n) is 3.84. The molecule has 0 bridgehead atoms. The zero-order valence-corrected chi connectivity index (χ0v) is 10.4. The van der Waals surface area contributed by atoms with Crippen LogP contribution in [0.1, 0.15) is 34.6 Å². The Morgan fingerprint density at radius 2 is 2.06 bits per heavy atom. The Labute approximate surface area is 95.6 Å². The van der Waals surface area contributed by atoms with Gasteiger partial charge in [-0.1, -0.05) is 13.8 Å². The number of carbonyl (C=O) groups excluding carboxylic acids is 1. The van der Waals surface area contributed by atoms with E-state index in [0.717, 1.165) is 0 Å². The van der Waals surface area contributed by atoms with Gasteiger partial charge in [-0.05, 0) is 20.8 Å². The molecule has 0 radical (unpaired) electrons. The van der Waals surface area contributed by atoms with Crippen molar-refractivity contribution in [1.82, 2.24) is 10.2 Å². The Balaban J connectivity index is 0.00000106. The van der Waals surface area contributed by atoms with Crippen molar-refractivity contribution >= 4 is 17.7 Å². The van der Waals surface area contributed by atoms with Gasteiger partial charge in [0.15, 0.2) is 5.82 Å². The highest BCUT2D eigenvalue weighted by atomic mass is 16.6. The molecule has 0 aliphatic heterocycles. The van der Waals surface area contributed by atoms with Crippen LogP contribution >= 0.6 is 0 Å².